The van der Waals surface area contributed by atoms with Gasteiger partial charge in [0.1, 0.15) is 11.6 Å². The third-order valence-electron chi connectivity index (χ3n) is 4.57. The quantitative estimate of drug-likeness (QED) is 0.566. The lowest BCUT2D eigenvalue weighted by Gasteiger charge is -2.29. The SMILES string of the molecule is c1ccc2c(N3CCn4ccnc4C3)nc(-c3ccncc3)nc2c1. The molecule has 4 aromatic rings. The van der Waals surface area contributed by atoms with Gasteiger partial charge in [0, 0.05) is 48.8 Å². The Kier molecular flexibility index (Phi) is 3.19. The van der Waals surface area contributed by atoms with Crippen molar-refractivity contribution in [1.82, 2.24) is 24.5 Å². The van der Waals surface area contributed by atoms with E-state index in [1.165, 1.54) is 0 Å². The average Bonchev–Trinajstić information content (AvgIpc) is 3.15. The second-order valence-corrected chi connectivity index (χ2v) is 6.08. The van der Waals surface area contributed by atoms with E-state index in [4.69, 9.17) is 9.97 Å². The first-order valence-corrected chi connectivity index (χ1v) is 8.30. The van der Waals surface area contributed by atoms with Gasteiger partial charge >= 0.3 is 0 Å². The van der Waals surface area contributed by atoms with E-state index in [0.717, 1.165) is 53.6 Å². The Morgan fingerprint density at radius 2 is 1.76 bits per heavy atom. The van der Waals surface area contributed by atoms with Crippen LogP contribution >= 0.6 is 0 Å². The smallest absolute Gasteiger partial charge is 0.162 e. The molecule has 0 saturated heterocycles. The minimum absolute atomic E-state index is 0.727. The van der Waals surface area contributed by atoms with Crippen LogP contribution in [0, 0.1) is 0 Å². The lowest BCUT2D eigenvalue weighted by atomic mass is 10.2. The number of aromatic nitrogens is 5. The second kappa shape index (κ2) is 5.66. The van der Waals surface area contributed by atoms with E-state index < -0.39 is 0 Å². The summed E-state index contributed by atoms with van der Waals surface area (Å²) in [5.41, 5.74) is 1.92. The highest BCUT2D eigenvalue weighted by Gasteiger charge is 2.21. The number of nitrogens with zero attached hydrogens (tertiary/aromatic N) is 6. The molecule has 122 valence electrons. The maximum atomic E-state index is 4.90. The molecular weight excluding hydrogens is 312 g/mol. The van der Waals surface area contributed by atoms with Crippen LogP contribution in [0.1, 0.15) is 5.82 Å². The molecule has 5 rings (SSSR count). The Morgan fingerprint density at radius 3 is 2.68 bits per heavy atom. The molecule has 1 aliphatic heterocycles. The van der Waals surface area contributed by atoms with Gasteiger partial charge in [0.2, 0.25) is 0 Å². The summed E-state index contributed by atoms with van der Waals surface area (Å²) < 4.78 is 2.20. The Labute approximate surface area is 144 Å². The highest BCUT2D eigenvalue weighted by atomic mass is 15.3. The summed E-state index contributed by atoms with van der Waals surface area (Å²) in [4.78, 5) is 20.5. The molecule has 6 nitrogen and oxygen atoms in total. The normalized spacial score (nSPS) is 13.8. The predicted molar refractivity (Wildman–Crippen MR) is 96.0 cm³/mol. The minimum atomic E-state index is 0.727. The first-order valence-electron chi connectivity index (χ1n) is 8.30. The van der Waals surface area contributed by atoms with E-state index >= 15 is 0 Å². The molecule has 1 aromatic carbocycles. The van der Waals surface area contributed by atoms with Crippen molar-refractivity contribution < 1.29 is 0 Å². The van der Waals surface area contributed by atoms with E-state index in [-0.39, 0.29) is 0 Å². The van der Waals surface area contributed by atoms with Gasteiger partial charge in [-0.3, -0.25) is 4.98 Å². The monoisotopic (exact) mass is 328 g/mol. The van der Waals surface area contributed by atoms with E-state index in [1.807, 2.05) is 42.7 Å². The zero-order valence-corrected chi connectivity index (χ0v) is 13.6. The van der Waals surface area contributed by atoms with E-state index in [9.17, 15) is 0 Å². The van der Waals surface area contributed by atoms with E-state index in [0.29, 0.717) is 0 Å². The number of imidazole rings is 1. The number of benzene rings is 1. The van der Waals surface area contributed by atoms with Crippen molar-refractivity contribution in [2.24, 2.45) is 0 Å². The zero-order valence-electron chi connectivity index (χ0n) is 13.6. The number of fused-ring (bicyclic) bond motifs is 2. The van der Waals surface area contributed by atoms with Crippen LogP contribution in [0.2, 0.25) is 0 Å². The van der Waals surface area contributed by atoms with Crippen LogP contribution in [0.3, 0.4) is 0 Å². The largest absolute Gasteiger partial charge is 0.347 e. The third kappa shape index (κ3) is 2.42. The van der Waals surface area contributed by atoms with Crippen molar-refractivity contribution >= 4 is 16.7 Å². The van der Waals surface area contributed by atoms with Crippen molar-refractivity contribution in [3.8, 4) is 11.4 Å². The van der Waals surface area contributed by atoms with Crippen LogP contribution in [0.15, 0.2) is 61.2 Å². The van der Waals surface area contributed by atoms with Crippen molar-refractivity contribution in [3.63, 3.8) is 0 Å². The summed E-state index contributed by atoms with van der Waals surface area (Å²) in [5, 5.41) is 1.07. The fourth-order valence-corrected chi connectivity index (χ4v) is 3.29. The lowest BCUT2D eigenvalue weighted by molar-refractivity contribution is 0.557. The van der Waals surface area contributed by atoms with Gasteiger partial charge in [-0.2, -0.15) is 0 Å². The summed E-state index contributed by atoms with van der Waals surface area (Å²) in [6, 6.07) is 12.1. The number of hydrogen-bond donors (Lipinski definition) is 0. The molecule has 0 spiro atoms. The van der Waals surface area contributed by atoms with Gasteiger partial charge in [0.15, 0.2) is 5.82 Å². The van der Waals surface area contributed by atoms with Crippen molar-refractivity contribution in [3.05, 3.63) is 67.0 Å². The van der Waals surface area contributed by atoms with Gasteiger partial charge in [0.25, 0.3) is 0 Å². The maximum Gasteiger partial charge on any atom is 0.162 e. The molecule has 3 aromatic heterocycles. The molecule has 25 heavy (non-hydrogen) atoms. The number of para-hydroxylation sites is 1. The lowest BCUT2D eigenvalue weighted by Crippen LogP contribution is -2.34. The molecule has 0 radical (unpaired) electrons. The highest BCUT2D eigenvalue weighted by Crippen LogP contribution is 2.29. The highest BCUT2D eigenvalue weighted by molar-refractivity contribution is 5.91. The van der Waals surface area contributed by atoms with Crippen LogP contribution in [0.5, 0.6) is 0 Å². The molecule has 1 aliphatic rings. The molecule has 0 atom stereocenters. The predicted octanol–water partition coefficient (Wildman–Crippen LogP) is 2.91. The number of anilines is 1. The Bertz CT molecular complexity index is 1040. The molecule has 0 bridgehead atoms. The minimum Gasteiger partial charge on any atom is -0.347 e. The fourth-order valence-electron chi connectivity index (χ4n) is 3.29. The first kappa shape index (κ1) is 14.1. The van der Waals surface area contributed by atoms with Crippen LogP contribution in [-0.2, 0) is 13.1 Å². The third-order valence-corrected chi connectivity index (χ3v) is 4.57. The molecule has 0 saturated carbocycles. The number of hydrogen-bond acceptors (Lipinski definition) is 5. The number of pyridine rings is 1. The molecule has 0 amide bonds. The van der Waals surface area contributed by atoms with Crippen molar-refractivity contribution in [2.75, 3.05) is 11.4 Å². The molecule has 0 fully saturated rings. The van der Waals surface area contributed by atoms with Crippen molar-refractivity contribution in [2.45, 2.75) is 13.1 Å². The molecule has 4 heterocycles. The van der Waals surface area contributed by atoms with E-state index in [2.05, 4.69) is 25.5 Å². The Balaban J connectivity index is 1.66. The average molecular weight is 328 g/mol. The van der Waals surface area contributed by atoms with Gasteiger partial charge < -0.3 is 9.47 Å². The van der Waals surface area contributed by atoms with Crippen LogP contribution in [0.25, 0.3) is 22.3 Å². The summed E-state index contributed by atoms with van der Waals surface area (Å²) in [5.74, 6) is 2.76. The molecule has 6 heteroatoms. The van der Waals surface area contributed by atoms with E-state index in [1.54, 1.807) is 12.4 Å². The molecule has 0 unspecified atom stereocenters. The summed E-state index contributed by atoms with van der Waals surface area (Å²) in [6.45, 7) is 2.57. The molecule has 0 aliphatic carbocycles. The topological polar surface area (TPSA) is 59.7 Å². The van der Waals surface area contributed by atoms with Crippen LogP contribution in [0.4, 0.5) is 5.82 Å². The second-order valence-electron chi connectivity index (χ2n) is 6.08. The Morgan fingerprint density at radius 1 is 0.880 bits per heavy atom. The fraction of sp³-hybridized carbons (Fsp3) is 0.158. The van der Waals surface area contributed by atoms with Gasteiger partial charge in [-0.1, -0.05) is 12.1 Å². The maximum absolute atomic E-state index is 4.90. The summed E-state index contributed by atoms with van der Waals surface area (Å²) in [6.07, 6.45) is 7.43. The first-order chi connectivity index (χ1) is 12.4. The van der Waals surface area contributed by atoms with Crippen molar-refractivity contribution in [1.29, 1.82) is 0 Å². The Hall–Kier alpha value is -3.28. The van der Waals surface area contributed by atoms with Gasteiger partial charge in [0.05, 0.1) is 12.1 Å². The van der Waals surface area contributed by atoms with Gasteiger partial charge in [-0.05, 0) is 24.3 Å². The molecular formula is C19H16N6. The van der Waals surface area contributed by atoms with Gasteiger partial charge in [-0.25, -0.2) is 15.0 Å². The zero-order chi connectivity index (χ0) is 16.6. The summed E-state index contributed by atoms with van der Waals surface area (Å²) >= 11 is 0. The standard InChI is InChI=1S/C19H16N6/c1-2-4-16-15(3-1)19(23-18(22-16)14-5-7-20-8-6-14)25-12-11-24-10-9-21-17(24)13-25/h1-10H,11-13H2. The molecule has 0 N–H and O–H groups in total. The van der Waals surface area contributed by atoms with Gasteiger partial charge in [-0.15, -0.1) is 0 Å². The summed E-state index contributed by atoms with van der Waals surface area (Å²) in [7, 11) is 0. The van der Waals surface area contributed by atoms with Crippen LogP contribution in [-0.4, -0.2) is 31.0 Å². The van der Waals surface area contributed by atoms with Crippen LogP contribution < -0.4 is 4.90 Å². The number of rotatable bonds is 2.